The summed E-state index contributed by atoms with van der Waals surface area (Å²) in [6.07, 6.45) is 4.36. The molecular weight excluding hydrogens is 464 g/mol. The van der Waals surface area contributed by atoms with Crippen LogP contribution in [0.3, 0.4) is 0 Å². The van der Waals surface area contributed by atoms with Gasteiger partial charge in [0.2, 0.25) is 11.8 Å². The Morgan fingerprint density at radius 2 is 2.00 bits per heavy atom. The number of para-hydroxylation sites is 3. The first kappa shape index (κ1) is 23.1. The lowest BCUT2D eigenvalue weighted by Gasteiger charge is -2.30. The second kappa shape index (κ2) is 9.89. The zero-order valence-corrected chi connectivity index (χ0v) is 20.2. The van der Waals surface area contributed by atoms with Gasteiger partial charge in [-0.05, 0) is 30.2 Å². The van der Waals surface area contributed by atoms with Gasteiger partial charge in [-0.15, -0.1) is 0 Å². The van der Waals surface area contributed by atoms with Crippen LogP contribution in [0.25, 0.3) is 11.6 Å². The molecule has 0 unspecified atom stereocenters. The summed E-state index contributed by atoms with van der Waals surface area (Å²) in [6, 6.07) is 13.5. The van der Waals surface area contributed by atoms with Crippen LogP contribution in [0.4, 0.5) is 17.1 Å². The van der Waals surface area contributed by atoms with Crippen molar-refractivity contribution in [2.45, 2.75) is 19.9 Å². The van der Waals surface area contributed by atoms with Crippen LogP contribution in [-0.2, 0) is 22.5 Å². The van der Waals surface area contributed by atoms with E-state index >= 15 is 0 Å². The zero-order valence-electron chi connectivity index (χ0n) is 19.4. The topological polar surface area (TPSA) is 96.2 Å². The summed E-state index contributed by atoms with van der Waals surface area (Å²) in [5.74, 6) is -0.613. The third-order valence-corrected chi connectivity index (χ3v) is 7.07. The van der Waals surface area contributed by atoms with E-state index in [4.69, 9.17) is 4.74 Å². The van der Waals surface area contributed by atoms with Gasteiger partial charge in [-0.2, -0.15) is 0 Å². The molecule has 0 radical (unpaired) electrons. The first-order valence-corrected chi connectivity index (χ1v) is 12.4. The molecule has 2 aromatic carbocycles. The molecule has 1 amide bonds. The highest BCUT2D eigenvalue weighted by Gasteiger charge is 2.20. The van der Waals surface area contributed by atoms with E-state index in [1.165, 1.54) is 0 Å². The largest absolute Gasteiger partial charge is 0.493 e. The Balaban J connectivity index is 1.35. The second-order valence-electron chi connectivity index (χ2n) is 8.33. The smallest absolute Gasteiger partial charge is 0.311 e. The zero-order chi connectivity index (χ0) is 24.4. The number of aromatic hydroxyl groups is 1. The van der Waals surface area contributed by atoms with Crippen LogP contribution < -0.4 is 15.1 Å². The summed E-state index contributed by atoms with van der Waals surface area (Å²) < 4.78 is 6.52. The Kier molecular flexibility index (Phi) is 6.52. The van der Waals surface area contributed by atoms with Crippen molar-refractivity contribution in [3.63, 3.8) is 0 Å². The Hall–Kier alpha value is -3.69. The third kappa shape index (κ3) is 4.65. The number of benzene rings is 2. The quantitative estimate of drug-likeness (QED) is 0.546. The SMILES string of the molecule is CCc1cccc2c1N=CC2=Cc1sc(=O)n(CC(=O)Nc2ccccc2N2CCOCC2)c1O. The molecule has 8 nitrogen and oxygen atoms in total. The molecule has 180 valence electrons. The molecular formula is C26H26N4O4S. The van der Waals surface area contributed by atoms with Crippen molar-refractivity contribution >= 4 is 52.2 Å². The molecule has 2 N–H and O–H groups in total. The number of amides is 1. The maximum atomic E-state index is 12.9. The van der Waals surface area contributed by atoms with E-state index in [9.17, 15) is 14.7 Å². The number of nitrogens with zero attached hydrogens (tertiary/aromatic N) is 3. The average molecular weight is 491 g/mol. The molecule has 3 heterocycles. The number of fused-ring (bicyclic) bond motifs is 1. The third-order valence-electron chi connectivity index (χ3n) is 6.16. The molecule has 1 saturated heterocycles. The lowest BCUT2D eigenvalue weighted by molar-refractivity contribution is -0.116. The molecule has 0 atom stereocenters. The van der Waals surface area contributed by atoms with Gasteiger partial charge < -0.3 is 20.1 Å². The summed E-state index contributed by atoms with van der Waals surface area (Å²) in [7, 11) is 0. The van der Waals surface area contributed by atoms with Crippen LogP contribution in [-0.4, -0.2) is 48.1 Å². The van der Waals surface area contributed by atoms with Gasteiger partial charge >= 0.3 is 4.87 Å². The predicted molar refractivity (Wildman–Crippen MR) is 140 cm³/mol. The van der Waals surface area contributed by atoms with Gasteiger partial charge in [0.1, 0.15) is 6.54 Å². The fourth-order valence-corrected chi connectivity index (χ4v) is 5.20. The molecule has 2 aliphatic heterocycles. The van der Waals surface area contributed by atoms with Crippen molar-refractivity contribution in [1.82, 2.24) is 4.57 Å². The Morgan fingerprint density at radius 1 is 1.20 bits per heavy atom. The number of morpholine rings is 1. The van der Waals surface area contributed by atoms with Gasteiger partial charge in [0.15, 0.2) is 0 Å². The van der Waals surface area contributed by atoms with Crippen molar-refractivity contribution in [2.75, 3.05) is 36.5 Å². The fraction of sp³-hybridized carbons (Fsp3) is 0.269. The van der Waals surface area contributed by atoms with Gasteiger partial charge in [-0.1, -0.05) is 48.6 Å². The highest BCUT2D eigenvalue weighted by atomic mass is 32.1. The Labute approximate surface area is 206 Å². The van der Waals surface area contributed by atoms with E-state index in [0.717, 1.165) is 63.5 Å². The van der Waals surface area contributed by atoms with Gasteiger partial charge in [-0.3, -0.25) is 19.1 Å². The maximum Gasteiger partial charge on any atom is 0.311 e. The monoisotopic (exact) mass is 490 g/mol. The van der Waals surface area contributed by atoms with Crippen LogP contribution in [0.5, 0.6) is 5.88 Å². The molecule has 0 saturated carbocycles. The number of allylic oxidation sites excluding steroid dienone is 1. The number of nitrogens with one attached hydrogen (secondary N) is 1. The minimum atomic E-state index is -0.400. The van der Waals surface area contributed by atoms with E-state index in [0.29, 0.717) is 23.8 Å². The van der Waals surface area contributed by atoms with Crippen molar-refractivity contribution < 1.29 is 14.6 Å². The minimum absolute atomic E-state index is 0.224. The summed E-state index contributed by atoms with van der Waals surface area (Å²) in [4.78, 5) is 32.2. The number of aromatic nitrogens is 1. The number of rotatable bonds is 6. The number of hydrogen-bond acceptors (Lipinski definition) is 7. The average Bonchev–Trinajstić information content (AvgIpc) is 3.41. The number of hydrogen-bond donors (Lipinski definition) is 2. The summed E-state index contributed by atoms with van der Waals surface area (Å²) >= 11 is 0.904. The Morgan fingerprint density at radius 3 is 2.80 bits per heavy atom. The van der Waals surface area contributed by atoms with E-state index < -0.39 is 4.87 Å². The van der Waals surface area contributed by atoms with Crippen LogP contribution in [0.15, 0.2) is 52.3 Å². The highest BCUT2D eigenvalue weighted by molar-refractivity contribution is 7.10. The van der Waals surface area contributed by atoms with Gasteiger partial charge in [0.25, 0.3) is 0 Å². The van der Waals surface area contributed by atoms with Crippen LogP contribution >= 0.6 is 11.3 Å². The van der Waals surface area contributed by atoms with Crippen molar-refractivity contribution in [1.29, 1.82) is 0 Å². The highest BCUT2D eigenvalue weighted by Crippen LogP contribution is 2.37. The molecule has 35 heavy (non-hydrogen) atoms. The summed E-state index contributed by atoms with van der Waals surface area (Å²) in [5.41, 5.74) is 5.42. The van der Waals surface area contributed by atoms with Gasteiger partial charge in [0, 0.05) is 30.4 Å². The van der Waals surface area contributed by atoms with Crippen molar-refractivity contribution in [3.8, 4) is 5.88 Å². The van der Waals surface area contributed by atoms with E-state index in [1.807, 2.05) is 42.5 Å². The molecule has 5 rings (SSSR count). The maximum absolute atomic E-state index is 12.9. The van der Waals surface area contributed by atoms with Crippen LogP contribution in [0.2, 0.25) is 0 Å². The normalized spacial score (nSPS) is 16.0. The van der Waals surface area contributed by atoms with Gasteiger partial charge in [0.05, 0.1) is 35.2 Å². The molecule has 2 aliphatic rings. The first-order chi connectivity index (χ1) is 17.0. The lowest BCUT2D eigenvalue weighted by atomic mass is 10.0. The van der Waals surface area contributed by atoms with E-state index in [2.05, 4.69) is 22.1 Å². The van der Waals surface area contributed by atoms with Crippen molar-refractivity contribution in [3.05, 3.63) is 68.1 Å². The van der Waals surface area contributed by atoms with Crippen LogP contribution in [0.1, 0.15) is 22.9 Å². The number of aliphatic imine (C=N–C) groups is 1. The number of carbonyl (C=O) groups is 1. The van der Waals surface area contributed by atoms with Crippen molar-refractivity contribution in [2.24, 2.45) is 4.99 Å². The number of thiazole rings is 1. The summed E-state index contributed by atoms with van der Waals surface area (Å²) in [5, 5.41) is 13.7. The first-order valence-electron chi connectivity index (χ1n) is 11.6. The fourth-order valence-electron chi connectivity index (χ4n) is 4.36. The molecule has 1 aromatic heterocycles. The number of aryl methyl sites for hydroxylation is 1. The molecule has 0 spiro atoms. The molecule has 3 aromatic rings. The molecule has 1 fully saturated rings. The molecule has 9 heteroatoms. The van der Waals surface area contributed by atoms with Crippen LogP contribution in [0, 0.1) is 0 Å². The molecule has 0 bridgehead atoms. The summed E-state index contributed by atoms with van der Waals surface area (Å²) in [6.45, 7) is 4.53. The second-order valence-corrected chi connectivity index (χ2v) is 9.32. The van der Waals surface area contributed by atoms with E-state index in [1.54, 1.807) is 12.3 Å². The standard InChI is InChI=1S/C26H26N4O4S/c1-2-17-6-5-7-19-18(15-27-24(17)19)14-22-25(32)30(26(33)35-22)16-23(31)28-20-8-3-4-9-21(20)29-10-12-34-13-11-29/h3-9,14-15,32H,2,10-13,16H2,1H3,(H,28,31). The number of carbonyl (C=O) groups excluding carboxylic acids is 1. The minimum Gasteiger partial charge on any atom is -0.493 e. The number of anilines is 2. The molecule has 0 aliphatic carbocycles. The van der Waals surface area contributed by atoms with E-state index in [-0.39, 0.29) is 18.3 Å². The lowest BCUT2D eigenvalue weighted by Crippen LogP contribution is -2.37. The number of ether oxygens (including phenoxy) is 1. The predicted octanol–water partition coefficient (Wildman–Crippen LogP) is 3.91. The van der Waals surface area contributed by atoms with Gasteiger partial charge in [-0.25, -0.2) is 0 Å². The Bertz CT molecular complexity index is 1380.